The van der Waals surface area contributed by atoms with Gasteiger partial charge < -0.3 is 9.47 Å². The van der Waals surface area contributed by atoms with Crippen molar-refractivity contribution in [3.05, 3.63) is 53.9 Å². The Morgan fingerprint density at radius 3 is 2.68 bits per heavy atom. The molecule has 3 rings (SSSR count). The van der Waals surface area contributed by atoms with Crippen LogP contribution in [0, 0.1) is 6.92 Å². The monoisotopic (exact) mass is 296 g/mol. The summed E-state index contributed by atoms with van der Waals surface area (Å²) < 4.78 is 12.1. The van der Waals surface area contributed by atoms with Crippen LogP contribution in [0.4, 0.5) is 0 Å². The molecule has 0 fully saturated rings. The molecule has 0 spiro atoms. The molecule has 0 radical (unpaired) electrons. The predicted molar refractivity (Wildman–Crippen MR) is 83.3 cm³/mol. The summed E-state index contributed by atoms with van der Waals surface area (Å²) in [6.45, 7) is 1.95. The molecule has 0 amide bonds. The van der Waals surface area contributed by atoms with E-state index in [1.54, 1.807) is 23.9 Å². The summed E-state index contributed by atoms with van der Waals surface area (Å²) >= 11 is 0. The molecule has 1 aromatic carbocycles. The van der Waals surface area contributed by atoms with Crippen molar-refractivity contribution in [2.24, 2.45) is 0 Å². The Kier molecular flexibility index (Phi) is 3.55. The summed E-state index contributed by atoms with van der Waals surface area (Å²) in [6, 6.07) is 9.35. The summed E-state index contributed by atoms with van der Waals surface area (Å²) in [5.41, 5.74) is 3.90. The number of esters is 1. The van der Waals surface area contributed by atoms with E-state index in [-0.39, 0.29) is 5.97 Å². The van der Waals surface area contributed by atoms with Gasteiger partial charge in [0.05, 0.1) is 31.5 Å². The van der Waals surface area contributed by atoms with Crippen LogP contribution in [0.1, 0.15) is 15.9 Å². The van der Waals surface area contributed by atoms with E-state index < -0.39 is 0 Å². The molecule has 3 aromatic rings. The van der Waals surface area contributed by atoms with Crippen LogP contribution in [-0.4, -0.2) is 29.8 Å². The maximum Gasteiger partial charge on any atom is 0.338 e. The molecule has 0 aliphatic rings. The number of benzene rings is 1. The van der Waals surface area contributed by atoms with Crippen LogP contribution < -0.4 is 4.74 Å². The third kappa shape index (κ3) is 2.20. The maximum absolute atomic E-state index is 12.2. The minimum absolute atomic E-state index is 0.385. The predicted octanol–water partition coefficient (Wildman–Crippen LogP) is 3.10. The van der Waals surface area contributed by atoms with Crippen molar-refractivity contribution in [2.75, 3.05) is 14.2 Å². The summed E-state index contributed by atoms with van der Waals surface area (Å²) in [7, 11) is 2.98. The molecule has 22 heavy (non-hydrogen) atoms. The van der Waals surface area contributed by atoms with Gasteiger partial charge in [0.25, 0.3) is 0 Å². The van der Waals surface area contributed by atoms with Gasteiger partial charge in [-0.15, -0.1) is 0 Å². The first kappa shape index (κ1) is 14.1. The number of fused-ring (bicyclic) bond motifs is 1. The van der Waals surface area contributed by atoms with Crippen LogP contribution in [0.2, 0.25) is 0 Å². The third-order valence-electron chi connectivity index (χ3n) is 3.65. The Bertz CT molecular complexity index is 852. The zero-order valence-electron chi connectivity index (χ0n) is 12.7. The number of rotatable bonds is 3. The summed E-state index contributed by atoms with van der Waals surface area (Å²) in [5.74, 6) is 0.305. The molecule has 0 bridgehead atoms. The summed E-state index contributed by atoms with van der Waals surface area (Å²) in [5, 5.41) is 4.31. The topological polar surface area (TPSA) is 52.8 Å². The lowest BCUT2D eigenvalue weighted by Gasteiger charge is -2.12. The molecule has 0 aliphatic heterocycles. The van der Waals surface area contributed by atoms with Gasteiger partial charge in [0, 0.05) is 17.3 Å². The number of methoxy groups -OCH3 is 2. The molecule has 0 aliphatic carbocycles. The fraction of sp³-hybridized carbons (Fsp3) is 0.176. The summed E-state index contributed by atoms with van der Waals surface area (Å²) in [6.07, 6.45) is 3.59. The number of aromatic nitrogens is 2. The second-order valence-electron chi connectivity index (χ2n) is 4.95. The number of hydrogen-bond acceptors (Lipinski definition) is 4. The van der Waals surface area contributed by atoms with Crippen molar-refractivity contribution in [1.29, 1.82) is 0 Å². The highest BCUT2D eigenvalue weighted by atomic mass is 16.5. The second-order valence-corrected chi connectivity index (χ2v) is 4.95. The van der Waals surface area contributed by atoms with Gasteiger partial charge in [-0.25, -0.2) is 9.31 Å². The number of nitrogens with zero attached hydrogens (tertiary/aromatic N) is 2. The standard InChI is InChI=1S/C17H16N2O3/c1-11-9-18-19-10-14(12-6-4-5-7-16(12)21-2)13(8-15(11)19)17(20)22-3/h4-10H,1-3H3. The Balaban J connectivity index is 2.33. The van der Waals surface area contributed by atoms with E-state index in [9.17, 15) is 4.79 Å². The quantitative estimate of drug-likeness (QED) is 0.697. The highest BCUT2D eigenvalue weighted by molar-refractivity contribution is 5.99. The number of para-hydroxylation sites is 1. The molecular formula is C17H16N2O3. The van der Waals surface area contributed by atoms with Gasteiger partial charge in [-0.05, 0) is 24.6 Å². The normalized spacial score (nSPS) is 10.7. The van der Waals surface area contributed by atoms with Crippen LogP contribution in [0.5, 0.6) is 5.75 Å². The number of aryl methyl sites for hydroxylation is 1. The molecule has 2 aromatic heterocycles. The lowest BCUT2D eigenvalue weighted by Crippen LogP contribution is -2.06. The zero-order chi connectivity index (χ0) is 15.7. The Labute approximate surface area is 128 Å². The van der Waals surface area contributed by atoms with E-state index >= 15 is 0 Å². The van der Waals surface area contributed by atoms with Crippen molar-refractivity contribution in [3.8, 4) is 16.9 Å². The molecule has 0 N–H and O–H groups in total. The molecular weight excluding hydrogens is 280 g/mol. The maximum atomic E-state index is 12.2. The van der Waals surface area contributed by atoms with Gasteiger partial charge in [0.15, 0.2) is 0 Å². The van der Waals surface area contributed by atoms with Crippen LogP contribution in [0.3, 0.4) is 0 Å². The van der Waals surface area contributed by atoms with Gasteiger partial charge in [0.2, 0.25) is 0 Å². The minimum atomic E-state index is -0.385. The molecule has 0 saturated heterocycles. The first-order chi connectivity index (χ1) is 10.7. The van der Waals surface area contributed by atoms with Gasteiger partial charge in [-0.1, -0.05) is 18.2 Å². The first-order valence-electron chi connectivity index (χ1n) is 6.85. The molecule has 2 heterocycles. The number of carbonyl (C=O) groups excluding carboxylic acids is 1. The van der Waals surface area contributed by atoms with Crippen molar-refractivity contribution in [3.63, 3.8) is 0 Å². The van der Waals surface area contributed by atoms with E-state index in [0.29, 0.717) is 11.3 Å². The first-order valence-corrected chi connectivity index (χ1v) is 6.85. The van der Waals surface area contributed by atoms with E-state index in [1.807, 2.05) is 37.4 Å². The largest absolute Gasteiger partial charge is 0.496 e. The zero-order valence-corrected chi connectivity index (χ0v) is 12.7. The van der Waals surface area contributed by atoms with Gasteiger partial charge in [-0.2, -0.15) is 5.10 Å². The molecule has 112 valence electrons. The lowest BCUT2D eigenvalue weighted by molar-refractivity contribution is 0.0601. The fourth-order valence-corrected chi connectivity index (χ4v) is 2.51. The molecule has 0 unspecified atom stereocenters. The highest BCUT2D eigenvalue weighted by Crippen LogP contribution is 2.33. The number of pyridine rings is 1. The number of ether oxygens (including phenoxy) is 2. The van der Waals surface area contributed by atoms with Crippen LogP contribution in [-0.2, 0) is 4.74 Å². The van der Waals surface area contributed by atoms with Crippen molar-refractivity contribution < 1.29 is 14.3 Å². The lowest BCUT2D eigenvalue weighted by atomic mass is 10.00. The van der Waals surface area contributed by atoms with E-state index in [1.165, 1.54) is 7.11 Å². The average molecular weight is 296 g/mol. The van der Waals surface area contributed by atoms with Crippen molar-refractivity contribution >= 4 is 11.5 Å². The third-order valence-corrected chi connectivity index (χ3v) is 3.65. The Hall–Kier alpha value is -2.82. The van der Waals surface area contributed by atoms with Crippen LogP contribution in [0.25, 0.3) is 16.6 Å². The molecule has 0 saturated carbocycles. The Morgan fingerprint density at radius 1 is 1.18 bits per heavy atom. The number of hydrogen-bond donors (Lipinski definition) is 0. The van der Waals surface area contributed by atoms with E-state index in [2.05, 4.69) is 5.10 Å². The SMILES string of the molecule is COC(=O)c1cc2c(C)cnn2cc1-c1ccccc1OC. The molecule has 5 heteroatoms. The van der Waals surface area contributed by atoms with Gasteiger partial charge in [-0.3, -0.25) is 0 Å². The Morgan fingerprint density at radius 2 is 1.95 bits per heavy atom. The van der Waals surface area contributed by atoms with Crippen LogP contribution in [0.15, 0.2) is 42.7 Å². The highest BCUT2D eigenvalue weighted by Gasteiger charge is 2.18. The minimum Gasteiger partial charge on any atom is -0.496 e. The molecule has 5 nitrogen and oxygen atoms in total. The average Bonchev–Trinajstić information content (AvgIpc) is 2.93. The fourth-order valence-electron chi connectivity index (χ4n) is 2.51. The summed E-state index contributed by atoms with van der Waals surface area (Å²) in [4.78, 5) is 12.2. The number of carbonyl (C=O) groups is 1. The van der Waals surface area contributed by atoms with Crippen LogP contribution >= 0.6 is 0 Å². The van der Waals surface area contributed by atoms with E-state index in [4.69, 9.17) is 9.47 Å². The van der Waals surface area contributed by atoms with Gasteiger partial charge >= 0.3 is 5.97 Å². The van der Waals surface area contributed by atoms with E-state index in [0.717, 1.165) is 22.2 Å². The van der Waals surface area contributed by atoms with Crippen molar-refractivity contribution in [2.45, 2.75) is 6.92 Å². The van der Waals surface area contributed by atoms with Crippen molar-refractivity contribution in [1.82, 2.24) is 9.61 Å². The van der Waals surface area contributed by atoms with Gasteiger partial charge in [0.1, 0.15) is 5.75 Å². The second kappa shape index (κ2) is 5.52. The molecule has 0 atom stereocenters. The smallest absolute Gasteiger partial charge is 0.338 e.